The molecule has 0 saturated heterocycles. The second-order valence-corrected chi connectivity index (χ2v) is 7.07. The summed E-state index contributed by atoms with van der Waals surface area (Å²) in [5, 5.41) is 6.10. The summed E-state index contributed by atoms with van der Waals surface area (Å²) in [4.78, 5) is 13.3. The number of carbonyl (C=O) groups is 1. The number of fused-ring (bicyclic) bond motifs is 1. The Balaban J connectivity index is 1.52. The quantitative estimate of drug-likeness (QED) is 0.717. The molecule has 3 aromatic rings. The average Bonchev–Trinajstić information content (AvgIpc) is 3.16. The molecule has 22 heavy (non-hydrogen) atoms. The number of thioether (sulfide) groups is 1. The number of furan rings is 1. The molecule has 5 heteroatoms. The number of hydrogen-bond donors (Lipinski definition) is 1. The smallest absolute Gasteiger partial charge is 0.230 e. The highest BCUT2D eigenvalue weighted by Gasteiger charge is 2.14. The van der Waals surface area contributed by atoms with Gasteiger partial charge in [-0.2, -0.15) is 0 Å². The number of benzene rings is 1. The predicted octanol–water partition coefficient (Wildman–Crippen LogP) is 4.60. The van der Waals surface area contributed by atoms with Crippen LogP contribution in [0.4, 0.5) is 0 Å². The van der Waals surface area contributed by atoms with Crippen LogP contribution in [0.25, 0.3) is 11.0 Å². The van der Waals surface area contributed by atoms with Gasteiger partial charge < -0.3 is 9.73 Å². The van der Waals surface area contributed by atoms with Crippen molar-refractivity contribution in [2.24, 2.45) is 0 Å². The molecule has 0 bridgehead atoms. The van der Waals surface area contributed by atoms with Crippen LogP contribution in [0.1, 0.15) is 23.6 Å². The second kappa shape index (κ2) is 7.03. The zero-order chi connectivity index (χ0) is 15.4. The van der Waals surface area contributed by atoms with E-state index in [9.17, 15) is 4.79 Å². The van der Waals surface area contributed by atoms with Gasteiger partial charge in [0, 0.05) is 16.0 Å². The molecule has 0 aliphatic carbocycles. The molecule has 2 heterocycles. The zero-order valence-corrected chi connectivity index (χ0v) is 13.9. The van der Waals surface area contributed by atoms with Crippen molar-refractivity contribution in [2.75, 3.05) is 5.75 Å². The molecule has 1 amide bonds. The van der Waals surface area contributed by atoms with Gasteiger partial charge in [0.05, 0.1) is 11.8 Å². The first-order valence-corrected chi connectivity index (χ1v) is 9.14. The molecule has 1 N–H and O–H groups in total. The van der Waals surface area contributed by atoms with E-state index in [1.165, 1.54) is 4.88 Å². The maximum Gasteiger partial charge on any atom is 0.230 e. The lowest BCUT2D eigenvalue weighted by molar-refractivity contribution is -0.119. The van der Waals surface area contributed by atoms with Gasteiger partial charge in [-0.3, -0.25) is 4.79 Å². The van der Waals surface area contributed by atoms with E-state index in [2.05, 4.69) is 16.8 Å². The van der Waals surface area contributed by atoms with Gasteiger partial charge in [-0.05, 0) is 30.5 Å². The van der Waals surface area contributed by atoms with E-state index in [0.29, 0.717) is 5.75 Å². The van der Waals surface area contributed by atoms with E-state index in [1.54, 1.807) is 23.1 Å². The van der Waals surface area contributed by atoms with Crippen LogP contribution in [0.3, 0.4) is 0 Å². The first kappa shape index (κ1) is 15.2. The molecule has 0 unspecified atom stereocenters. The third-order valence-electron chi connectivity index (χ3n) is 3.31. The van der Waals surface area contributed by atoms with E-state index < -0.39 is 0 Å². The number of thiophene rings is 1. The highest BCUT2D eigenvalue weighted by atomic mass is 32.2. The van der Waals surface area contributed by atoms with Crippen LogP contribution in [0, 0.1) is 0 Å². The van der Waals surface area contributed by atoms with E-state index in [0.717, 1.165) is 22.5 Å². The topological polar surface area (TPSA) is 42.2 Å². The van der Waals surface area contributed by atoms with Crippen LogP contribution in [0.2, 0.25) is 0 Å². The molecule has 114 valence electrons. The second-order valence-electron chi connectivity index (χ2n) is 5.05. The van der Waals surface area contributed by atoms with Crippen molar-refractivity contribution in [1.29, 1.82) is 0 Å². The first-order chi connectivity index (χ1) is 10.7. The summed E-state index contributed by atoms with van der Waals surface area (Å²) >= 11 is 3.35. The zero-order valence-electron chi connectivity index (χ0n) is 12.2. The molecule has 0 radical (unpaired) electrons. The van der Waals surface area contributed by atoms with Crippen LogP contribution >= 0.6 is 23.1 Å². The van der Waals surface area contributed by atoms with Crippen molar-refractivity contribution >= 4 is 40.0 Å². The minimum atomic E-state index is -0.123. The Kier molecular flexibility index (Phi) is 4.85. The van der Waals surface area contributed by atoms with Gasteiger partial charge in [0.1, 0.15) is 11.3 Å². The number of carbonyl (C=O) groups excluding carboxylic acids is 1. The summed E-state index contributed by atoms with van der Waals surface area (Å²) in [6.07, 6.45) is 0. The Morgan fingerprint density at radius 1 is 1.32 bits per heavy atom. The standard InChI is InChI=1S/C17H17NO2S2/c1-12(16-9-13-5-2-3-7-15(13)20-16)18-17(19)11-21-10-14-6-4-8-22-14/h2-9,12H,10-11H2,1H3,(H,18,19)/t12-/m0/s1. The minimum Gasteiger partial charge on any atom is -0.459 e. The average molecular weight is 331 g/mol. The monoisotopic (exact) mass is 331 g/mol. The molecule has 0 aliphatic heterocycles. The Morgan fingerprint density at radius 3 is 2.95 bits per heavy atom. The summed E-state index contributed by atoms with van der Waals surface area (Å²) in [5.74, 6) is 2.17. The Bertz CT molecular complexity index is 716. The third-order valence-corrected chi connectivity index (χ3v) is 5.35. The molecule has 3 rings (SSSR count). The number of rotatable bonds is 6. The lowest BCUT2D eigenvalue weighted by atomic mass is 10.2. The van der Waals surface area contributed by atoms with Gasteiger partial charge >= 0.3 is 0 Å². The van der Waals surface area contributed by atoms with Gasteiger partial charge in [-0.1, -0.05) is 24.3 Å². The molecule has 2 aromatic heterocycles. The summed E-state index contributed by atoms with van der Waals surface area (Å²) in [5.41, 5.74) is 0.852. The SMILES string of the molecule is C[C@H](NC(=O)CSCc1cccs1)c1cc2ccccc2o1. The largest absolute Gasteiger partial charge is 0.459 e. The van der Waals surface area contributed by atoms with Crippen molar-refractivity contribution in [3.63, 3.8) is 0 Å². The van der Waals surface area contributed by atoms with Crippen molar-refractivity contribution in [3.05, 3.63) is 58.5 Å². The number of nitrogens with one attached hydrogen (secondary N) is 1. The number of hydrogen-bond acceptors (Lipinski definition) is 4. The third kappa shape index (κ3) is 3.72. The van der Waals surface area contributed by atoms with Gasteiger partial charge in [0.15, 0.2) is 0 Å². The maximum atomic E-state index is 12.0. The molecule has 0 fully saturated rings. The molecule has 0 spiro atoms. The highest BCUT2D eigenvalue weighted by molar-refractivity contribution is 7.99. The van der Waals surface area contributed by atoms with Crippen LogP contribution in [0.15, 0.2) is 52.3 Å². The van der Waals surface area contributed by atoms with Gasteiger partial charge in [-0.15, -0.1) is 23.1 Å². The van der Waals surface area contributed by atoms with Crippen LogP contribution in [0.5, 0.6) is 0 Å². The van der Waals surface area contributed by atoms with Gasteiger partial charge in [-0.25, -0.2) is 0 Å². The molecule has 0 aliphatic rings. The molecular weight excluding hydrogens is 314 g/mol. The van der Waals surface area contributed by atoms with Crippen LogP contribution < -0.4 is 5.32 Å². The molecule has 1 aromatic carbocycles. The Labute approximate surface area is 137 Å². The summed E-state index contributed by atoms with van der Waals surface area (Å²) in [7, 11) is 0. The van der Waals surface area contributed by atoms with Gasteiger partial charge in [0.25, 0.3) is 0 Å². The molecule has 3 nitrogen and oxygen atoms in total. The van der Waals surface area contributed by atoms with Crippen LogP contribution in [-0.4, -0.2) is 11.7 Å². The molecule has 1 atom stereocenters. The summed E-state index contributed by atoms with van der Waals surface area (Å²) < 4.78 is 5.77. The Hall–Kier alpha value is -1.72. The summed E-state index contributed by atoms with van der Waals surface area (Å²) in [6, 6.07) is 13.8. The van der Waals surface area contributed by atoms with Crippen molar-refractivity contribution in [1.82, 2.24) is 5.32 Å². The fourth-order valence-corrected chi connectivity index (χ4v) is 3.89. The lowest BCUT2D eigenvalue weighted by Crippen LogP contribution is -2.27. The minimum absolute atomic E-state index is 0.0366. The van der Waals surface area contributed by atoms with Gasteiger partial charge in [0.2, 0.25) is 5.91 Å². The van der Waals surface area contributed by atoms with E-state index >= 15 is 0 Å². The van der Waals surface area contributed by atoms with E-state index in [1.807, 2.05) is 43.3 Å². The van der Waals surface area contributed by atoms with E-state index in [-0.39, 0.29) is 11.9 Å². The van der Waals surface area contributed by atoms with Crippen molar-refractivity contribution in [3.8, 4) is 0 Å². The predicted molar refractivity (Wildman–Crippen MR) is 93.3 cm³/mol. The van der Waals surface area contributed by atoms with Crippen LogP contribution in [-0.2, 0) is 10.5 Å². The molecular formula is C17H17NO2S2. The first-order valence-electron chi connectivity index (χ1n) is 7.10. The Morgan fingerprint density at radius 2 is 2.18 bits per heavy atom. The normalized spacial score (nSPS) is 12.4. The van der Waals surface area contributed by atoms with E-state index in [4.69, 9.17) is 4.42 Å². The number of amides is 1. The lowest BCUT2D eigenvalue weighted by Gasteiger charge is -2.10. The molecule has 0 saturated carbocycles. The fraction of sp³-hybridized carbons (Fsp3) is 0.235. The maximum absolute atomic E-state index is 12.0. The van der Waals surface area contributed by atoms with Crippen molar-refractivity contribution in [2.45, 2.75) is 18.7 Å². The summed E-state index contributed by atoms with van der Waals surface area (Å²) in [6.45, 7) is 1.94. The number of para-hydroxylation sites is 1. The highest BCUT2D eigenvalue weighted by Crippen LogP contribution is 2.23. The van der Waals surface area contributed by atoms with Crippen molar-refractivity contribution < 1.29 is 9.21 Å². The fourth-order valence-electron chi connectivity index (χ4n) is 2.21.